The summed E-state index contributed by atoms with van der Waals surface area (Å²) in [6.07, 6.45) is -0.665. The zero-order valence-electron chi connectivity index (χ0n) is 9.80. The van der Waals surface area contributed by atoms with Crippen molar-refractivity contribution in [2.45, 2.75) is 13.0 Å². The normalized spacial score (nSPS) is 11.4. The van der Waals surface area contributed by atoms with Gasteiger partial charge in [-0.3, -0.25) is 9.59 Å². The van der Waals surface area contributed by atoms with Crippen molar-refractivity contribution in [3.63, 3.8) is 0 Å². The molecular formula is C12H15NO4. The number of rotatable bonds is 5. The molecule has 0 saturated heterocycles. The highest BCUT2D eigenvalue weighted by Gasteiger charge is 2.15. The second-order valence-corrected chi connectivity index (χ2v) is 3.37. The number of methoxy groups -OCH3 is 1. The molecule has 92 valence electrons. The Kier molecular flexibility index (Phi) is 5.00. The molecule has 0 heterocycles. The van der Waals surface area contributed by atoms with Crippen LogP contribution < -0.4 is 10.1 Å². The summed E-state index contributed by atoms with van der Waals surface area (Å²) in [5.41, 5.74) is 0. The number of para-hydroxylation sites is 1. The van der Waals surface area contributed by atoms with Crippen LogP contribution in [0.4, 0.5) is 0 Å². The molecule has 0 bridgehead atoms. The van der Waals surface area contributed by atoms with E-state index >= 15 is 0 Å². The molecule has 1 aromatic carbocycles. The van der Waals surface area contributed by atoms with Gasteiger partial charge in [0, 0.05) is 0 Å². The highest BCUT2D eigenvalue weighted by molar-refractivity contribution is 5.84. The van der Waals surface area contributed by atoms with Gasteiger partial charge in [0.1, 0.15) is 12.3 Å². The molecular weight excluding hydrogens is 222 g/mol. The lowest BCUT2D eigenvalue weighted by atomic mass is 10.3. The summed E-state index contributed by atoms with van der Waals surface area (Å²) in [5, 5.41) is 2.41. The van der Waals surface area contributed by atoms with Crippen molar-refractivity contribution in [1.29, 1.82) is 0 Å². The minimum Gasteiger partial charge on any atom is -0.481 e. The van der Waals surface area contributed by atoms with Crippen LogP contribution >= 0.6 is 0 Å². The highest BCUT2D eigenvalue weighted by Crippen LogP contribution is 2.10. The average molecular weight is 237 g/mol. The zero-order valence-corrected chi connectivity index (χ0v) is 9.80. The molecule has 0 aliphatic rings. The number of hydrogen-bond acceptors (Lipinski definition) is 4. The number of nitrogens with one attached hydrogen (secondary N) is 1. The first-order valence-electron chi connectivity index (χ1n) is 5.19. The Labute approximate surface area is 99.7 Å². The van der Waals surface area contributed by atoms with E-state index in [4.69, 9.17) is 4.74 Å². The van der Waals surface area contributed by atoms with E-state index in [-0.39, 0.29) is 12.5 Å². The third-order valence-electron chi connectivity index (χ3n) is 2.06. The molecule has 17 heavy (non-hydrogen) atoms. The molecule has 0 saturated carbocycles. The Morgan fingerprint density at radius 2 is 1.94 bits per heavy atom. The second kappa shape index (κ2) is 6.52. The molecule has 5 heteroatoms. The van der Waals surface area contributed by atoms with Gasteiger partial charge in [0.25, 0.3) is 5.91 Å². The number of amides is 1. The number of carbonyl (C=O) groups is 2. The summed E-state index contributed by atoms with van der Waals surface area (Å²) in [5.74, 6) is -0.252. The molecule has 0 radical (unpaired) electrons. The van der Waals surface area contributed by atoms with Crippen molar-refractivity contribution in [2.24, 2.45) is 0 Å². The van der Waals surface area contributed by atoms with E-state index in [1.807, 2.05) is 18.2 Å². The lowest BCUT2D eigenvalue weighted by Gasteiger charge is -2.13. The number of hydrogen-bond donors (Lipinski definition) is 1. The highest BCUT2D eigenvalue weighted by atomic mass is 16.5. The quantitative estimate of drug-likeness (QED) is 0.767. The van der Waals surface area contributed by atoms with E-state index in [0.717, 1.165) is 0 Å². The van der Waals surface area contributed by atoms with Gasteiger partial charge in [-0.25, -0.2) is 0 Å². The molecule has 0 fully saturated rings. The van der Waals surface area contributed by atoms with Gasteiger partial charge in [-0.2, -0.15) is 0 Å². The second-order valence-electron chi connectivity index (χ2n) is 3.37. The third kappa shape index (κ3) is 4.55. The fourth-order valence-electron chi connectivity index (χ4n) is 1.13. The SMILES string of the molecule is COC(=O)CNC(=O)[C@H](C)Oc1ccccc1. The van der Waals surface area contributed by atoms with Crippen LogP contribution in [0, 0.1) is 0 Å². The molecule has 0 spiro atoms. The summed E-state index contributed by atoms with van der Waals surface area (Å²) < 4.78 is 9.78. The number of esters is 1. The lowest BCUT2D eigenvalue weighted by Crippen LogP contribution is -2.39. The molecule has 1 rings (SSSR count). The van der Waals surface area contributed by atoms with E-state index in [1.54, 1.807) is 19.1 Å². The predicted octanol–water partition coefficient (Wildman–Crippen LogP) is 0.743. The van der Waals surface area contributed by atoms with Crippen LogP contribution in [0.5, 0.6) is 5.75 Å². The van der Waals surface area contributed by atoms with Crippen LogP contribution in [-0.2, 0) is 14.3 Å². The fourth-order valence-corrected chi connectivity index (χ4v) is 1.13. The molecule has 0 unspecified atom stereocenters. The fraction of sp³-hybridized carbons (Fsp3) is 0.333. The Balaban J connectivity index is 2.40. The van der Waals surface area contributed by atoms with Gasteiger partial charge in [0.15, 0.2) is 6.10 Å². The lowest BCUT2D eigenvalue weighted by molar-refractivity contribution is -0.141. The Morgan fingerprint density at radius 1 is 1.29 bits per heavy atom. The molecule has 1 N–H and O–H groups in total. The van der Waals surface area contributed by atoms with Gasteiger partial charge < -0.3 is 14.8 Å². The summed E-state index contributed by atoms with van der Waals surface area (Å²) >= 11 is 0. The molecule has 1 atom stereocenters. The van der Waals surface area contributed by atoms with Gasteiger partial charge in [-0.15, -0.1) is 0 Å². The van der Waals surface area contributed by atoms with Crippen molar-refractivity contribution in [1.82, 2.24) is 5.32 Å². The smallest absolute Gasteiger partial charge is 0.325 e. The topological polar surface area (TPSA) is 64.6 Å². The number of carbonyl (C=O) groups excluding carboxylic acids is 2. The van der Waals surface area contributed by atoms with Crippen molar-refractivity contribution < 1.29 is 19.1 Å². The van der Waals surface area contributed by atoms with E-state index < -0.39 is 12.1 Å². The standard InChI is InChI=1S/C12H15NO4/c1-9(12(15)13-8-11(14)16-2)17-10-6-4-3-5-7-10/h3-7,9H,8H2,1-2H3,(H,13,15)/t9-/m0/s1. The van der Waals surface area contributed by atoms with Crippen LogP contribution in [0.1, 0.15) is 6.92 Å². The average Bonchev–Trinajstić information content (AvgIpc) is 2.36. The number of benzene rings is 1. The van der Waals surface area contributed by atoms with E-state index in [1.165, 1.54) is 7.11 Å². The maximum Gasteiger partial charge on any atom is 0.325 e. The Bertz CT molecular complexity index is 377. The van der Waals surface area contributed by atoms with Crippen LogP contribution in [0.15, 0.2) is 30.3 Å². The summed E-state index contributed by atoms with van der Waals surface area (Å²) in [7, 11) is 1.26. The van der Waals surface area contributed by atoms with Crippen LogP contribution in [0.2, 0.25) is 0 Å². The summed E-state index contributed by atoms with van der Waals surface area (Å²) in [4.78, 5) is 22.3. The van der Waals surface area contributed by atoms with Crippen molar-refractivity contribution in [2.75, 3.05) is 13.7 Å². The van der Waals surface area contributed by atoms with Crippen molar-refractivity contribution >= 4 is 11.9 Å². The molecule has 1 aromatic rings. The van der Waals surface area contributed by atoms with E-state index in [0.29, 0.717) is 5.75 Å². The minimum atomic E-state index is -0.665. The molecule has 0 aromatic heterocycles. The van der Waals surface area contributed by atoms with E-state index in [9.17, 15) is 9.59 Å². The molecule has 0 aliphatic heterocycles. The summed E-state index contributed by atoms with van der Waals surface area (Å²) in [6, 6.07) is 8.99. The van der Waals surface area contributed by atoms with Gasteiger partial charge in [0.05, 0.1) is 7.11 Å². The minimum absolute atomic E-state index is 0.155. The third-order valence-corrected chi connectivity index (χ3v) is 2.06. The van der Waals surface area contributed by atoms with Gasteiger partial charge in [0.2, 0.25) is 0 Å². The van der Waals surface area contributed by atoms with Crippen LogP contribution in [0.25, 0.3) is 0 Å². The largest absolute Gasteiger partial charge is 0.481 e. The first-order chi connectivity index (χ1) is 8.13. The van der Waals surface area contributed by atoms with Gasteiger partial charge in [-0.05, 0) is 19.1 Å². The molecule has 5 nitrogen and oxygen atoms in total. The van der Waals surface area contributed by atoms with Gasteiger partial charge >= 0.3 is 5.97 Å². The number of ether oxygens (including phenoxy) is 2. The van der Waals surface area contributed by atoms with Gasteiger partial charge in [-0.1, -0.05) is 18.2 Å². The predicted molar refractivity (Wildman–Crippen MR) is 61.6 cm³/mol. The first kappa shape index (κ1) is 13.0. The molecule has 0 aliphatic carbocycles. The first-order valence-corrected chi connectivity index (χ1v) is 5.19. The zero-order chi connectivity index (χ0) is 12.7. The summed E-state index contributed by atoms with van der Waals surface area (Å²) in [6.45, 7) is 1.46. The Morgan fingerprint density at radius 3 is 2.53 bits per heavy atom. The van der Waals surface area contributed by atoms with Crippen molar-refractivity contribution in [3.05, 3.63) is 30.3 Å². The monoisotopic (exact) mass is 237 g/mol. The Hall–Kier alpha value is -2.04. The van der Waals surface area contributed by atoms with Crippen LogP contribution in [-0.4, -0.2) is 31.6 Å². The van der Waals surface area contributed by atoms with Crippen molar-refractivity contribution in [3.8, 4) is 5.75 Å². The van der Waals surface area contributed by atoms with E-state index in [2.05, 4.69) is 10.1 Å². The maximum atomic E-state index is 11.5. The molecule has 1 amide bonds. The van der Waals surface area contributed by atoms with Crippen LogP contribution in [0.3, 0.4) is 0 Å². The maximum absolute atomic E-state index is 11.5.